The van der Waals surface area contributed by atoms with Crippen molar-refractivity contribution in [3.8, 4) is 22.6 Å². The topological polar surface area (TPSA) is 69.8 Å². The van der Waals surface area contributed by atoms with E-state index in [1.807, 2.05) is 30.5 Å². The highest BCUT2D eigenvalue weighted by atomic mass is 16.7. The zero-order chi connectivity index (χ0) is 18.8. The predicted molar refractivity (Wildman–Crippen MR) is 100 cm³/mol. The van der Waals surface area contributed by atoms with Crippen LogP contribution in [0.2, 0.25) is 0 Å². The predicted octanol–water partition coefficient (Wildman–Crippen LogP) is 4.16. The summed E-state index contributed by atoms with van der Waals surface area (Å²) in [5.41, 5.74) is 4.22. The minimum Gasteiger partial charge on any atom is -0.462 e. The first-order valence-electron chi connectivity index (χ1n) is 8.54. The molecule has 138 valence electrons. The van der Waals surface area contributed by atoms with Crippen LogP contribution in [0, 0.1) is 0 Å². The van der Waals surface area contributed by atoms with E-state index < -0.39 is 0 Å². The van der Waals surface area contributed by atoms with Crippen LogP contribution in [-0.4, -0.2) is 24.5 Å². The maximum absolute atomic E-state index is 10.8. The van der Waals surface area contributed by atoms with Crippen molar-refractivity contribution in [2.75, 3.05) is 13.6 Å². The van der Waals surface area contributed by atoms with E-state index in [1.165, 1.54) is 6.92 Å². The van der Waals surface area contributed by atoms with E-state index in [2.05, 4.69) is 23.7 Å². The van der Waals surface area contributed by atoms with Gasteiger partial charge in [-0.1, -0.05) is 18.7 Å². The number of aromatic nitrogens is 1. The molecule has 4 rings (SSSR count). The quantitative estimate of drug-likeness (QED) is 0.404. The maximum Gasteiger partial charge on any atom is 0.305 e. The molecule has 0 fully saturated rings. The summed E-state index contributed by atoms with van der Waals surface area (Å²) >= 11 is 0. The number of benzene rings is 2. The van der Waals surface area contributed by atoms with E-state index in [0.29, 0.717) is 12.2 Å². The van der Waals surface area contributed by atoms with Gasteiger partial charge in [-0.05, 0) is 41.0 Å². The first kappa shape index (κ1) is 17.0. The summed E-state index contributed by atoms with van der Waals surface area (Å²) in [5.74, 6) is 1.67. The molecule has 2 heterocycles. The Morgan fingerprint density at radius 2 is 1.89 bits per heavy atom. The van der Waals surface area contributed by atoms with Gasteiger partial charge < -0.3 is 23.9 Å². The van der Waals surface area contributed by atoms with Crippen molar-refractivity contribution in [3.63, 3.8) is 0 Å². The van der Waals surface area contributed by atoms with Gasteiger partial charge in [-0.2, -0.15) is 0 Å². The molecule has 27 heavy (non-hydrogen) atoms. The first-order valence-corrected chi connectivity index (χ1v) is 8.54. The number of fused-ring (bicyclic) bond motifs is 2. The van der Waals surface area contributed by atoms with Crippen molar-refractivity contribution < 1.29 is 23.7 Å². The first-order chi connectivity index (χ1) is 13.1. The van der Waals surface area contributed by atoms with Gasteiger partial charge in [0.2, 0.25) is 13.6 Å². The molecular formula is C21H19NO5. The third kappa shape index (κ3) is 3.60. The number of allylic oxidation sites excluding steroid dienone is 1. The molecule has 0 amide bonds. The molecule has 0 unspecified atom stereocenters. The number of carbonyl (C=O) groups is 1. The number of aromatic amines is 1. The number of hydrogen-bond donors (Lipinski definition) is 1. The SMILES string of the molecule is C=C(Cc1c[nH]c2ccc(-c3ccc4c(c3)OCO4)cc12)OCOC(C)=O. The fraction of sp³-hybridized carbons (Fsp3) is 0.190. The van der Waals surface area contributed by atoms with E-state index in [0.717, 1.165) is 39.1 Å². The van der Waals surface area contributed by atoms with Gasteiger partial charge in [-0.25, -0.2) is 0 Å². The third-order valence-corrected chi connectivity index (χ3v) is 4.39. The Hall–Kier alpha value is -3.41. The number of esters is 1. The molecule has 0 radical (unpaired) electrons. The number of ether oxygens (including phenoxy) is 4. The Labute approximate surface area is 156 Å². The average molecular weight is 365 g/mol. The average Bonchev–Trinajstić information content (AvgIpc) is 3.27. The fourth-order valence-electron chi connectivity index (χ4n) is 3.04. The number of nitrogens with one attached hydrogen (secondary N) is 1. The number of H-pyrrole nitrogens is 1. The molecule has 1 N–H and O–H groups in total. The second-order valence-electron chi connectivity index (χ2n) is 6.26. The Balaban J connectivity index is 1.56. The Morgan fingerprint density at radius 3 is 2.74 bits per heavy atom. The van der Waals surface area contributed by atoms with E-state index in [4.69, 9.17) is 18.9 Å². The zero-order valence-electron chi connectivity index (χ0n) is 14.9. The number of rotatable bonds is 6. The van der Waals surface area contributed by atoms with Crippen LogP contribution >= 0.6 is 0 Å². The molecule has 1 aromatic heterocycles. The molecule has 0 saturated carbocycles. The minimum atomic E-state index is -0.386. The summed E-state index contributed by atoms with van der Waals surface area (Å²) in [6.45, 7) is 5.37. The van der Waals surface area contributed by atoms with Crippen molar-refractivity contribution >= 4 is 16.9 Å². The molecule has 0 atom stereocenters. The molecule has 0 spiro atoms. The van der Waals surface area contributed by atoms with Crippen LogP contribution in [-0.2, 0) is 20.7 Å². The molecule has 0 bridgehead atoms. The van der Waals surface area contributed by atoms with Gasteiger partial charge >= 0.3 is 5.97 Å². The summed E-state index contributed by atoms with van der Waals surface area (Å²) in [7, 11) is 0. The Bertz CT molecular complexity index is 1020. The molecule has 3 aromatic rings. The highest BCUT2D eigenvalue weighted by molar-refractivity contribution is 5.88. The van der Waals surface area contributed by atoms with Gasteiger partial charge in [-0.3, -0.25) is 4.79 Å². The normalized spacial score (nSPS) is 12.2. The summed E-state index contributed by atoms with van der Waals surface area (Å²) in [6.07, 6.45) is 2.46. The molecule has 6 nitrogen and oxygen atoms in total. The lowest BCUT2D eigenvalue weighted by Gasteiger charge is -2.09. The van der Waals surface area contributed by atoms with Crippen LogP contribution in [0.4, 0.5) is 0 Å². The molecule has 6 heteroatoms. The third-order valence-electron chi connectivity index (χ3n) is 4.39. The Morgan fingerprint density at radius 1 is 1.11 bits per heavy atom. The summed E-state index contributed by atoms with van der Waals surface area (Å²) in [5, 5.41) is 1.09. The molecule has 1 aliphatic rings. The van der Waals surface area contributed by atoms with Crippen LogP contribution in [0.15, 0.2) is 54.9 Å². The number of hydrogen-bond acceptors (Lipinski definition) is 5. The molecule has 0 saturated heterocycles. The van der Waals surface area contributed by atoms with Crippen molar-refractivity contribution in [3.05, 3.63) is 60.5 Å². The van der Waals surface area contributed by atoms with Crippen LogP contribution in [0.1, 0.15) is 12.5 Å². The van der Waals surface area contributed by atoms with Crippen LogP contribution in [0.25, 0.3) is 22.0 Å². The van der Waals surface area contributed by atoms with E-state index >= 15 is 0 Å². The lowest BCUT2D eigenvalue weighted by Crippen LogP contribution is -2.05. The fourth-order valence-corrected chi connectivity index (χ4v) is 3.04. The highest BCUT2D eigenvalue weighted by Crippen LogP contribution is 2.36. The van der Waals surface area contributed by atoms with Gasteiger partial charge in [0.25, 0.3) is 0 Å². The molecule has 2 aromatic carbocycles. The maximum atomic E-state index is 10.8. The van der Waals surface area contributed by atoms with Gasteiger partial charge in [-0.15, -0.1) is 0 Å². The van der Waals surface area contributed by atoms with Crippen molar-refractivity contribution in [2.45, 2.75) is 13.3 Å². The largest absolute Gasteiger partial charge is 0.462 e. The van der Waals surface area contributed by atoms with Crippen molar-refractivity contribution in [1.82, 2.24) is 4.98 Å². The van der Waals surface area contributed by atoms with Crippen LogP contribution in [0.5, 0.6) is 11.5 Å². The zero-order valence-corrected chi connectivity index (χ0v) is 14.9. The van der Waals surface area contributed by atoms with Gasteiger partial charge in [0.1, 0.15) is 0 Å². The summed E-state index contributed by atoms with van der Waals surface area (Å²) in [6, 6.07) is 12.1. The van der Waals surface area contributed by atoms with Crippen LogP contribution in [0.3, 0.4) is 0 Å². The highest BCUT2D eigenvalue weighted by Gasteiger charge is 2.14. The monoisotopic (exact) mass is 365 g/mol. The number of carbonyl (C=O) groups excluding carboxylic acids is 1. The lowest BCUT2D eigenvalue weighted by molar-refractivity contribution is -0.150. The van der Waals surface area contributed by atoms with Gasteiger partial charge in [0, 0.05) is 30.4 Å². The molecular weight excluding hydrogens is 346 g/mol. The second-order valence-corrected chi connectivity index (χ2v) is 6.26. The smallest absolute Gasteiger partial charge is 0.305 e. The van der Waals surface area contributed by atoms with Gasteiger partial charge in [0.15, 0.2) is 11.5 Å². The molecule has 1 aliphatic heterocycles. The van der Waals surface area contributed by atoms with Crippen molar-refractivity contribution in [2.24, 2.45) is 0 Å². The van der Waals surface area contributed by atoms with Crippen molar-refractivity contribution in [1.29, 1.82) is 0 Å². The second kappa shape index (κ2) is 7.07. The summed E-state index contributed by atoms with van der Waals surface area (Å²) in [4.78, 5) is 14.1. The molecule has 0 aliphatic carbocycles. The van der Waals surface area contributed by atoms with Crippen LogP contribution < -0.4 is 9.47 Å². The van der Waals surface area contributed by atoms with E-state index in [9.17, 15) is 4.79 Å². The summed E-state index contributed by atoms with van der Waals surface area (Å²) < 4.78 is 21.0. The lowest BCUT2D eigenvalue weighted by atomic mass is 10.0. The van der Waals surface area contributed by atoms with E-state index in [-0.39, 0.29) is 19.6 Å². The minimum absolute atomic E-state index is 0.126. The van der Waals surface area contributed by atoms with Gasteiger partial charge in [0.05, 0.1) is 5.76 Å². The standard InChI is InChI=1S/C21H19NO5/c1-13(24-11-25-14(2)23)7-17-10-22-19-5-3-15(8-18(17)19)16-4-6-20-21(9-16)27-12-26-20/h3-6,8-10,22H,1,7,11-12H2,2H3. The van der Waals surface area contributed by atoms with E-state index in [1.54, 1.807) is 0 Å². The Kier molecular flexibility index (Phi) is 4.46.